The first-order valence-electron chi connectivity index (χ1n) is 14.1. The minimum atomic E-state index is -0.569. The Hall–Kier alpha value is -5.21. The van der Waals surface area contributed by atoms with E-state index >= 15 is 0 Å². The molecule has 6 aromatic rings. The molecule has 1 fully saturated rings. The first-order chi connectivity index (χ1) is 21.0. The number of nitrogens with zero attached hydrogens (tertiary/aromatic N) is 3. The molecule has 2 aromatic heterocycles. The van der Waals surface area contributed by atoms with Gasteiger partial charge in [0, 0.05) is 36.3 Å². The molecular formula is C35H28FN3O4. The molecule has 214 valence electrons. The molecule has 7 rings (SSSR count). The molecule has 1 aliphatic heterocycles. The molecule has 0 radical (unpaired) electrons. The lowest BCUT2D eigenvalue weighted by molar-refractivity contribution is 0.00615. The van der Waals surface area contributed by atoms with Crippen molar-refractivity contribution in [1.82, 2.24) is 14.5 Å². The summed E-state index contributed by atoms with van der Waals surface area (Å²) in [5, 5.41) is 23.1. The summed E-state index contributed by atoms with van der Waals surface area (Å²) in [4.78, 5) is 20.2. The average Bonchev–Trinajstić information content (AvgIpc) is 3.34. The lowest BCUT2D eigenvalue weighted by Crippen LogP contribution is -2.53. The lowest BCUT2D eigenvalue weighted by Gasteiger charge is -2.36. The van der Waals surface area contributed by atoms with E-state index < -0.39 is 12.2 Å². The molecule has 8 heteroatoms. The molecule has 43 heavy (non-hydrogen) atoms. The topological polar surface area (TPSA) is 87.8 Å². The van der Waals surface area contributed by atoms with Crippen LogP contribution in [0.4, 0.5) is 4.39 Å². The maximum absolute atomic E-state index is 13.9. The molecule has 1 amide bonds. The number of benzene rings is 4. The number of amides is 1. The predicted octanol–water partition coefficient (Wildman–Crippen LogP) is 6.07. The van der Waals surface area contributed by atoms with Crippen molar-refractivity contribution in [1.29, 1.82) is 0 Å². The number of ether oxygens (including phenoxy) is 1. The fourth-order valence-corrected chi connectivity index (χ4v) is 5.74. The highest BCUT2D eigenvalue weighted by Crippen LogP contribution is 2.46. The monoisotopic (exact) mass is 573 g/mol. The van der Waals surface area contributed by atoms with Gasteiger partial charge in [0.2, 0.25) is 5.88 Å². The number of aromatic nitrogens is 2. The largest absolute Gasteiger partial charge is 0.494 e. The quantitative estimate of drug-likeness (QED) is 0.242. The third-order valence-electron chi connectivity index (χ3n) is 7.91. The van der Waals surface area contributed by atoms with Crippen LogP contribution in [0, 0.1) is 5.82 Å². The molecule has 0 spiro atoms. The molecule has 7 nitrogen and oxygen atoms in total. The van der Waals surface area contributed by atoms with Crippen molar-refractivity contribution in [2.75, 3.05) is 13.1 Å². The molecular weight excluding hydrogens is 545 g/mol. The number of aliphatic hydroxyl groups excluding tert-OH is 1. The first kappa shape index (κ1) is 26.7. The fraction of sp³-hybridized carbons (Fsp3) is 0.143. The van der Waals surface area contributed by atoms with Crippen LogP contribution in [0.1, 0.15) is 33.2 Å². The Kier molecular flexibility index (Phi) is 6.75. The zero-order chi connectivity index (χ0) is 29.5. The van der Waals surface area contributed by atoms with Crippen LogP contribution in [0.5, 0.6) is 11.6 Å². The standard InChI is InChI=1S/C35H28FN3O4/c36-25-15-13-22(14-16-25)18-38-21-28-29(34(41)39-19-26(40)20-39)27-12-7-17-37-31(27)33(30(28)35(38)42)43-32(23-8-3-1-4-9-23)24-10-5-2-6-11-24/h1-17,21,26,32,40,42H,18-20H2. The number of β-amino-alcohol motifs (C(OH)–C–C–N with tert-alkyl or cyclic N) is 1. The highest BCUT2D eigenvalue weighted by molar-refractivity contribution is 6.21. The van der Waals surface area contributed by atoms with Gasteiger partial charge in [-0.05, 0) is 34.9 Å². The van der Waals surface area contributed by atoms with Crippen molar-refractivity contribution in [3.8, 4) is 11.6 Å². The number of hydrogen-bond donors (Lipinski definition) is 2. The number of aromatic hydroxyl groups is 1. The van der Waals surface area contributed by atoms with Gasteiger partial charge in [-0.15, -0.1) is 0 Å². The number of pyridine rings is 1. The number of hydrogen-bond acceptors (Lipinski definition) is 5. The molecule has 0 aliphatic carbocycles. The van der Waals surface area contributed by atoms with Crippen LogP contribution in [0.25, 0.3) is 21.7 Å². The smallest absolute Gasteiger partial charge is 0.255 e. The van der Waals surface area contributed by atoms with Gasteiger partial charge in [0.1, 0.15) is 17.4 Å². The number of carbonyl (C=O) groups is 1. The third kappa shape index (κ3) is 4.85. The van der Waals surface area contributed by atoms with E-state index in [4.69, 9.17) is 4.74 Å². The second kappa shape index (κ2) is 10.9. The summed E-state index contributed by atoms with van der Waals surface area (Å²) in [7, 11) is 0. The van der Waals surface area contributed by atoms with E-state index in [2.05, 4.69) is 4.98 Å². The van der Waals surface area contributed by atoms with Gasteiger partial charge in [0.15, 0.2) is 5.75 Å². The van der Waals surface area contributed by atoms with Crippen molar-refractivity contribution in [3.05, 3.63) is 138 Å². The molecule has 1 aliphatic rings. The molecule has 4 aromatic carbocycles. The summed E-state index contributed by atoms with van der Waals surface area (Å²) in [5.41, 5.74) is 3.40. The Morgan fingerprint density at radius 3 is 2.19 bits per heavy atom. The van der Waals surface area contributed by atoms with Crippen molar-refractivity contribution >= 4 is 27.6 Å². The van der Waals surface area contributed by atoms with Gasteiger partial charge in [-0.1, -0.05) is 78.9 Å². The summed E-state index contributed by atoms with van der Waals surface area (Å²) in [6.07, 6.45) is 2.26. The van der Waals surface area contributed by atoms with Crippen molar-refractivity contribution < 1.29 is 24.1 Å². The Balaban J connectivity index is 1.47. The van der Waals surface area contributed by atoms with Gasteiger partial charge in [-0.2, -0.15) is 0 Å². The Morgan fingerprint density at radius 1 is 0.907 bits per heavy atom. The van der Waals surface area contributed by atoms with Crippen LogP contribution < -0.4 is 4.74 Å². The SMILES string of the molecule is O=C(c1c2cccnc2c(OC(c2ccccc2)c2ccccc2)c2c(O)n(Cc3ccc(F)cc3)cc12)N1CC(O)C1. The third-order valence-corrected chi connectivity index (χ3v) is 7.91. The molecule has 0 bridgehead atoms. The first-order valence-corrected chi connectivity index (χ1v) is 14.1. The van der Waals surface area contributed by atoms with E-state index in [-0.39, 0.29) is 37.2 Å². The van der Waals surface area contributed by atoms with Crippen LogP contribution in [-0.2, 0) is 6.54 Å². The van der Waals surface area contributed by atoms with Gasteiger partial charge in [-0.3, -0.25) is 9.78 Å². The second-order valence-corrected chi connectivity index (χ2v) is 10.8. The predicted molar refractivity (Wildman–Crippen MR) is 162 cm³/mol. The van der Waals surface area contributed by atoms with Crippen molar-refractivity contribution in [2.24, 2.45) is 0 Å². The van der Waals surface area contributed by atoms with Gasteiger partial charge in [-0.25, -0.2) is 4.39 Å². The van der Waals surface area contributed by atoms with Gasteiger partial charge in [0.05, 0.1) is 23.6 Å². The van der Waals surface area contributed by atoms with Crippen LogP contribution in [0.2, 0.25) is 0 Å². The van der Waals surface area contributed by atoms with E-state index in [0.717, 1.165) is 16.7 Å². The van der Waals surface area contributed by atoms with Crippen LogP contribution in [0.3, 0.4) is 0 Å². The minimum Gasteiger partial charge on any atom is -0.494 e. The number of rotatable bonds is 7. The number of aliphatic hydroxyl groups is 1. The van der Waals surface area contributed by atoms with Gasteiger partial charge in [0.25, 0.3) is 5.91 Å². The van der Waals surface area contributed by atoms with Crippen molar-refractivity contribution in [2.45, 2.75) is 18.8 Å². The van der Waals surface area contributed by atoms with Crippen LogP contribution >= 0.6 is 0 Å². The molecule has 2 N–H and O–H groups in total. The Labute approximate surface area is 247 Å². The number of likely N-dealkylation sites (tertiary alicyclic amines) is 1. The summed E-state index contributed by atoms with van der Waals surface area (Å²) in [6, 6.07) is 29.2. The summed E-state index contributed by atoms with van der Waals surface area (Å²) >= 11 is 0. The minimum absolute atomic E-state index is 0.0977. The molecule has 3 heterocycles. The highest BCUT2D eigenvalue weighted by atomic mass is 19.1. The van der Waals surface area contributed by atoms with E-state index in [9.17, 15) is 19.4 Å². The van der Waals surface area contributed by atoms with E-state index in [1.165, 1.54) is 12.1 Å². The van der Waals surface area contributed by atoms with Crippen LogP contribution in [0.15, 0.2) is 109 Å². The Morgan fingerprint density at radius 2 is 1.56 bits per heavy atom. The highest BCUT2D eigenvalue weighted by Gasteiger charge is 2.34. The fourth-order valence-electron chi connectivity index (χ4n) is 5.74. The zero-order valence-electron chi connectivity index (χ0n) is 23.1. The normalized spacial score (nSPS) is 13.5. The average molecular weight is 574 g/mol. The Bertz CT molecular complexity index is 1900. The summed E-state index contributed by atoms with van der Waals surface area (Å²) in [5.74, 6) is -0.365. The van der Waals surface area contributed by atoms with E-state index in [1.807, 2.05) is 66.7 Å². The van der Waals surface area contributed by atoms with Crippen molar-refractivity contribution in [3.63, 3.8) is 0 Å². The summed E-state index contributed by atoms with van der Waals surface area (Å²) < 4.78 is 22.1. The zero-order valence-corrected chi connectivity index (χ0v) is 23.1. The number of fused-ring (bicyclic) bond motifs is 2. The maximum atomic E-state index is 13.9. The van der Waals surface area contributed by atoms with Crippen LogP contribution in [-0.4, -0.2) is 49.8 Å². The summed E-state index contributed by atoms with van der Waals surface area (Å²) in [6.45, 7) is 0.695. The molecule has 0 atom stereocenters. The van der Waals surface area contributed by atoms with Gasteiger partial charge >= 0.3 is 0 Å². The molecule has 0 saturated carbocycles. The molecule has 1 saturated heterocycles. The number of carbonyl (C=O) groups excluding carboxylic acids is 1. The lowest BCUT2D eigenvalue weighted by atomic mass is 9.97. The molecule has 0 unspecified atom stereocenters. The number of halogens is 1. The van der Waals surface area contributed by atoms with E-state index in [0.29, 0.717) is 33.0 Å². The maximum Gasteiger partial charge on any atom is 0.255 e. The van der Waals surface area contributed by atoms with Gasteiger partial charge < -0.3 is 24.4 Å². The van der Waals surface area contributed by atoms with E-state index in [1.54, 1.807) is 40.1 Å². The second-order valence-electron chi connectivity index (χ2n) is 10.8.